The van der Waals surface area contributed by atoms with E-state index in [9.17, 15) is 0 Å². The fourth-order valence-electron chi connectivity index (χ4n) is 9.59. The van der Waals surface area contributed by atoms with Crippen LogP contribution in [0.3, 0.4) is 0 Å². The van der Waals surface area contributed by atoms with Crippen molar-refractivity contribution in [3.8, 4) is 16.8 Å². The smallest absolute Gasteiger partial charge is 0.147 e. The van der Waals surface area contributed by atoms with Gasteiger partial charge in [0, 0.05) is 38.2 Å². The lowest BCUT2D eigenvalue weighted by Gasteiger charge is -2.35. The predicted molar refractivity (Wildman–Crippen MR) is 215 cm³/mol. The van der Waals surface area contributed by atoms with Crippen molar-refractivity contribution in [1.29, 1.82) is 0 Å². The Morgan fingerprint density at radius 1 is 0.490 bits per heavy atom. The lowest BCUT2D eigenvalue weighted by atomic mass is 9.68. The van der Waals surface area contributed by atoms with Crippen LogP contribution in [0.25, 0.3) is 98.5 Å². The summed E-state index contributed by atoms with van der Waals surface area (Å²) in [6.07, 6.45) is 0. The van der Waals surface area contributed by atoms with Gasteiger partial charge < -0.3 is 4.57 Å². The Labute approximate surface area is 293 Å². The second kappa shape index (κ2) is 9.41. The summed E-state index contributed by atoms with van der Waals surface area (Å²) in [4.78, 5) is 5.39. The SMILES string of the molecule is CC1(C)c2ccccc2-c2c3c1cccc3cc1c3ccccc3n(-c3ccc4nc5c6c7ccccc7ccc6c6ccccc6n5c4c3)c21. The third-order valence-electron chi connectivity index (χ3n) is 11.8. The van der Waals surface area contributed by atoms with E-state index in [-0.39, 0.29) is 5.41 Å². The van der Waals surface area contributed by atoms with Gasteiger partial charge in [0.05, 0.1) is 27.6 Å². The third-order valence-corrected chi connectivity index (χ3v) is 11.8. The van der Waals surface area contributed by atoms with E-state index in [0.29, 0.717) is 0 Å². The fraction of sp³-hybridized carbons (Fsp3) is 0.0625. The molecule has 1 aliphatic rings. The predicted octanol–water partition coefficient (Wildman–Crippen LogP) is 12.5. The summed E-state index contributed by atoms with van der Waals surface area (Å²) in [5.41, 5.74) is 13.1. The summed E-state index contributed by atoms with van der Waals surface area (Å²) in [5.74, 6) is 0. The van der Waals surface area contributed by atoms with E-state index >= 15 is 0 Å². The molecule has 1 aliphatic carbocycles. The van der Waals surface area contributed by atoms with Gasteiger partial charge in [-0.05, 0) is 80.0 Å². The molecule has 0 atom stereocenters. The van der Waals surface area contributed by atoms with Crippen molar-refractivity contribution in [1.82, 2.24) is 14.0 Å². The zero-order chi connectivity index (χ0) is 33.6. The van der Waals surface area contributed by atoms with Crippen molar-refractivity contribution < 1.29 is 0 Å². The Hall–Kier alpha value is -6.45. The Bertz CT molecular complexity index is 3340. The third kappa shape index (κ3) is 3.36. The van der Waals surface area contributed by atoms with Crippen LogP contribution in [0.4, 0.5) is 0 Å². The highest BCUT2D eigenvalue weighted by molar-refractivity contribution is 6.24. The van der Waals surface area contributed by atoms with Crippen LogP contribution >= 0.6 is 0 Å². The summed E-state index contributed by atoms with van der Waals surface area (Å²) in [5, 5.41) is 11.3. The molecule has 3 heteroatoms. The molecule has 51 heavy (non-hydrogen) atoms. The number of imidazole rings is 1. The fourth-order valence-corrected chi connectivity index (χ4v) is 9.59. The molecule has 0 bridgehead atoms. The Balaban J connectivity index is 1.27. The van der Waals surface area contributed by atoms with Crippen molar-refractivity contribution in [3.05, 3.63) is 163 Å². The van der Waals surface area contributed by atoms with Crippen molar-refractivity contribution in [2.75, 3.05) is 0 Å². The summed E-state index contributed by atoms with van der Waals surface area (Å²) in [7, 11) is 0. The number of rotatable bonds is 1. The van der Waals surface area contributed by atoms with Gasteiger partial charge >= 0.3 is 0 Å². The minimum atomic E-state index is -0.114. The first kappa shape index (κ1) is 27.4. The summed E-state index contributed by atoms with van der Waals surface area (Å²) >= 11 is 0. The van der Waals surface area contributed by atoms with Crippen LogP contribution in [-0.4, -0.2) is 14.0 Å². The number of fused-ring (bicyclic) bond motifs is 16. The first-order valence-corrected chi connectivity index (χ1v) is 17.8. The lowest BCUT2D eigenvalue weighted by molar-refractivity contribution is 0.645. The second-order valence-electron chi connectivity index (χ2n) is 14.7. The number of hydrogen-bond acceptors (Lipinski definition) is 1. The lowest BCUT2D eigenvalue weighted by Crippen LogP contribution is -2.23. The van der Waals surface area contributed by atoms with Crippen LogP contribution in [0.5, 0.6) is 0 Å². The maximum absolute atomic E-state index is 5.39. The van der Waals surface area contributed by atoms with Crippen LogP contribution < -0.4 is 0 Å². The molecule has 0 saturated carbocycles. The molecule has 3 nitrogen and oxygen atoms in total. The van der Waals surface area contributed by atoms with Gasteiger partial charge in [-0.3, -0.25) is 4.40 Å². The van der Waals surface area contributed by atoms with Crippen LogP contribution in [0.2, 0.25) is 0 Å². The van der Waals surface area contributed by atoms with Crippen molar-refractivity contribution in [2.24, 2.45) is 0 Å². The number of hydrogen-bond donors (Lipinski definition) is 0. The van der Waals surface area contributed by atoms with Gasteiger partial charge in [-0.25, -0.2) is 4.98 Å². The van der Waals surface area contributed by atoms with Gasteiger partial charge in [-0.2, -0.15) is 0 Å². The van der Waals surface area contributed by atoms with Crippen LogP contribution in [0, 0.1) is 0 Å². The molecule has 0 spiro atoms. The highest BCUT2D eigenvalue weighted by atomic mass is 15.0. The second-order valence-corrected chi connectivity index (χ2v) is 14.7. The molecule has 0 aliphatic heterocycles. The average Bonchev–Trinajstić information content (AvgIpc) is 3.72. The number of benzene rings is 8. The van der Waals surface area contributed by atoms with Crippen LogP contribution in [0.1, 0.15) is 25.0 Å². The van der Waals surface area contributed by atoms with Crippen molar-refractivity contribution in [3.63, 3.8) is 0 Å². The molecule has 0 amide bonds. The zero-order valence-electron chi connectivity index (χ0n) is 28.3. The largest absolute Gasteiger partial charge is 0.309 e. The van der Waals surface area contributed by atoms with E-state index < -0.39 is 0 Å². The first-order chi connectivity index (χ1) is 25.1. The number of para-hydroxylation sites is 2. The molecule has 3 heterocycles. The van der Waals surface area contributed by atoms with E-state index in [0.717, 1.165) is 22.4 Å². The molecule has 11 aromatic rings. The molecule has 3 aromatic heterocycles. The summed E-state index contributed by atoms with van der Waals surface area (Å²) in [6.45, 7) is 4.75. The minimum absolute atomic E-state index is 0.114. The van der Waals surface area contributed by atoms with E-state index in [1.54, 1.807) is 0 Å². The first-order valence-electron chi connectivity index (χ1n) is 17.8. The Morgan fingerprint density at radius 2 is 1.20 bits per heavy atom. The quantitative estimate of drug-likeness (QED) is 0.162. The maximum Gasteiger partial charge on any atom is 0.147 e. The van der Waals surface area contributed by atoms with Crippen molar-refractivity contribution >= 4 is 81.7 Å². The average molecular weight is 650 g/mol. The number of nitrogens with zero attached hydrogens (tertiary/aromatic N) is 3. The van der Waals surface area contributed by atoms with Gasteiger partial charge in [0.1, 0.15) is 5.65 Å². The molecular formula is C48H31N3. The van der Waals surface area contributed by atoms with Gasteiger partial charge in [-0.15, -0.1) is 0 Å². The minimum Gasteiger partial charge on any atom is -0.309 e. The van der Waals surface area contributed by atoms with E-state index in [1.165, 1.54) is 87.3 Å². The molecule has 8 aromatic carbocycles. The molecule has 0 N–H and O–H groups in total. The number of pyridine rings is 1. The van der Waals surface area contributed by atoms with Crippen molar-refractivity contribution in [2.45, 2.75) is 19.3 Å². The Kier molecular flexibility index (Phi) is 5.05. The van der Waals surface area contributed by atoms with E-state index in [1.807, 2.05) is 0 Å². The van der Waals surface area contributed by atoms with Gasteiger partial charge in [0.25, 0.3) is 0 Å². The van der Waals surface area contributed by atoms with Gasteiger partial charge in [0.2, 0.25) is 0 Å². The van der Waals surface area contributed by atoms with Gasteiger partial charge in [-0.1, -0.05) is 129 Å². The topological polar surface area (TPSA) is 22.2 Å². The highest BCUT2D eigenvalue weighted by Crippen LogP contribution is 2.52. The molecule has 0 saturated heterocycles. The zero-order valence-corrected chi connectivity index (χ0v) is 28.3. The molecule has 0 radical (unpaired) electrons. The standard InChI is InChI=1S/C48H31N3/c1-48(2)37-18-8-5-17-35(37)45-43-29(13-11-19-38(43)48)26-36-33-16-7-9-20-40(33)50(46(36)45)30-23-25-39-42(27-30)51-41-21-10-6-15-32(41)34-24-22-28-12-3-4-14-31(28)44(34)47(51)49-39/h3-27H,1-2H3. The monoisotopic (exact) mass is 649 g/mol. The summed E-state index contributed by atoms with van der Waals surface area (Å²) in [6, 6.07) is 56.1. The molecule has 0 unspecified atom stereocenters. The van der Waals surface area contributed by atoms with Gasteiger partial charge in [0.15, 0.2) is 0 Å². The van der Waals surface area contributed by atoms with Crippen LogP contribution in [0.15, 0.2) is 152 Å². The molecular weight excluding hydrogens is 619 g/mol. The normalized spacial score (nSPS) is 13.8. The number of aromatic nitrogens is 3. The van der Waals surface area contributed by atoms with E-state index in [2.05, 4.69) is 174 Å². The molecule has 12 rings (SSSR count). The Morgan fingerprint density at radius 3 is 2.08 bits per heavy atom. The molecule has 0 fully saturated rings. The maximum atomic E-state index is 5.39. The summed E-state index contributed by atoms with van der Waals surface area (Å²) < 4.78 is 4.91. The highest BCUT2D eigenvalue weighted by Gasteiger charge is 2.35. The van der Waals surface area contributed by atoms with E-state index in [4.69, 9.17) is 4.98 Å². The van der Waals surface area contributed by atoms with Crippen LogP contribution in [-0.2, 0) is 5.41 Å². The molecule has 238 valence electrons.